The van der Waals surface area contributed by atoms with Crippen molar-refractivity contribution in [2.24, 2.45) is 0 Å². The van der Waals surface area contributed by atoms with Gasteiger partial charge in [-0.25, -0.2) is 9.37 Å². The predicted octanol–water partition coefficient (Wildman–Crippen LogP) is 3.60. The first-order valence-corrected chi connectivity index (χ1v) is 7.52. The van der Waals surface area contributed by atoms with Gasteiger partial charge < -0.3 is 14.0 Å². The molecule has 0 spiro atoms. The number of imidazole rings is 1. The topological polar surface area (TPSA) is 36.3 Å². The van der Waals surface area contributed by atoms with Gasteiger partial charge in [0.1, 0.15) is 17.7 Å². The Hall–Kier alpha value is -1.24. The second kappa shape index (κ2) is 5.51. The van der Waals surface area contributed by atoms with E-state index in [0.29, 0.717) is 23.4 Å². The van der Waals surface area contributed by atoms with Crippen LogP contribution in [0.1, 0.15) is 13.8 Å². The summed E-state index contributed by atoms with van der Waals surface area (Å²) in [5.41, 5.74) is 0.727. The maximum absolute atomic E-state index is 13.5. The first kappa shape index (κ1) is 14.7. The lowest BCUT2D eigenvalue weighted by Gasteiger charge is -2.18. The summed E-state index contributed by atoms with van der Waals surface area (Å²) in [7, 11) is 0. The fraction of sp³-hybridized carbons (Fsp3) is 0.400. The van der Waals surface area contributed by atoms with E-state index in [4.69, 9.17) is 9.47 Å². The Morgan fingerprint density at radius 1 is 1.43 bits per heavy atom. The van der Waals surface area contributed by atoms with Crippen molar-refractivity contribution in [1.82, 2.24) is 9.55 Å². The molecule has 0 aliphatic carbocycles. The Kier molecular flexibility index (Phi) is 3.86. The molecule has 1 aliphatic rings. The zero-order chi connectivity index (χ0) is 15.0. The van der Waals surface area contributed by atoms with Crippen molar-refractivity contribution in [3.63, 3.8) is 0 Å². The highest BCUT2D eigenvalue weighted by Crippen LogP contribution is 2.26. The monoisotopic (exact) mass is 354 g/mol. The Balaban J connectivity index is 1.84. The molecule has 6 heteroatoms. The number of nitrogens with zero attached hydrogens (tertiary/aromatic N) is 2. The van der Waals surface area contributed by atoms with Crippen molar-refractivity contribution in [3.8, 4) is 11.4 Å². The molecule has 21 heavy (non-hydrogen) atoms. The van der Waals surface area contributed by atoms with Gasteiger partial charge in [0, 0.05) is 22.4 Å². The highest BCUT2D eigenvalue weighted by Gasteiger charge is 2.33. The van der Waals surface area contributed by atoms with Crippen LogP contribution in [0.5, 0.6) is 0 Å². The number of rotatable bonds is 3. The molecule has 1 aromatic heterocycles. The molecule has 1 saturated heterocycles. The minimum Gasteiger partial charge on any atom is -0.348 e. The summed E-state index contributed by atoms with van der Waals surface area (Å²) in [4.78, 5) is 4.33. The van der Waals surface area contributed by atoms with E-state index in [1.165, 1.54) is 12.1 Å². The van der Waals surface area contributed by atoms with Crippen molar-refractivity contribution < 1.29 is 13.9 Å². The summed E-state index contributed by atoms with van der Waals surface area (Å²) in [5, 5.41) is 0. The van der Waals surface area contributed by atoms with Gasteiger partial charge in [-0.15, -0.1) is 0 Å². The third-order valence-electron chi connectivity index (χ3n) is 3.30. The molecule has 2 heterocycles. The average Bonchev–Trinajstić information content (AvgIpc) is 2.95. The Bertz CT molecular complexity index is 637. The minimum atomic E-state index is -0.548. The molecule has 3 rings (SSSR count). The van der Waals surface area contributed by atoms with E-state index in [2.05, 4.69) is 20.9 Å². The number of benzene rings is 1. The van der Waals surface area contributed by atoms with Crippen LogP contribution in [-0.4, -0.2) is 28.0 Å². The lowest BCUT2D eigenvalue weighted by Crippen LogP contribution is -2.24. The third kappa shape index (κ3) is 3.33. The van der Waals surface area contributed by atoms with Gasteiger partial charge in [-0.1, -0.05) is 15.9 Å². The Labute approximate surface area is 131 Å². The smallest absolute Gasteiger partial charge is 0.163 e. The molecule has 0 radical (unpaired) electrons. The van der Waals surface area contributed by atoms with E-state index >= 15 is 0 Å². The second-order valence-corrected chi connectivity index (χ2v) is 6.43. The summed E-state index contributed by atoms with van der Waals surface area (Å²) in [6.45, 7) is 4.95. The summed E-state index contributed by atoms with van der Waals surface area (Å²) in [5.74, 6) is -0.133. The van der Waals surface area contributed by atoms with Crippen LogP contribution < -0.4 is 0 Å². The molecule has 0 amide bonds. The minimum absolute atomic E-state index is 0.0371. The van der Waals surface area contributed by atoms with Gasteiger partial charge in [-0.3, -0.25) is 0 Å². The molecule has 0 N–H and O–H groups in total. The van der Waals surface area contributed by atoms with Crippen molar-refractivity contribution in [1.29, 1.82) is 0 Å². The number of halogens is 2. The van der Waals surface area contributed by atoms with Gasteiger partial charge in [-0.2, -0.15) is 0 Å². The maximum Gasteiger partial charge on any atom is 0.163 e. The molecule has 1 fully saturated rings. The Morgan fingerprint density at radius 2 is 2.24 bits per heavy atom. The van der Waals surface area contributed by atoms with Crippen molar-refractivity contribution in [2.75, 3.05) is 6.61 Å². The van der Waals surface area contributed by atoms with E-state index in [1.54, 1.807) is 6.20 Å². The molecule has 1 aromatic carbocycles. The summed E-state index contributed by atoms with van der Waals surface area (Å²) in [6.07, 6.45) is 3.53. The molecule has 1 aliphatic heterocycles. The quantitative estimate of drug-likeness (QED) is 0.844. The van der Waals surface area contributed by atoms with Gasteiger partial charge in [0.2, 0.25) is 0 Å². The first-order chi connectivity index (χ1) is 9.93. The lowest BCUT2D eigenvalue weighted by molar-refractivity contribution is -0.139. The number of aromatic nitrogens is 2. The third-order valence-corrected chi connectivity index (χ3v) is 3.76. The van der Waals surface area contributed by atoms with Crippen LogP contribution in [0.4, 0.5) is 4.39 Å². The van der Waals surface area contributed by atoms with Crippen LogP contribution >= 0.6 is 15.9 Å². The van der Waals surface area contributed by atoms with E-state index < -0.39 is 5.79 Å². The van der Waals surface area contributed by atoms with Gasteiger partial charge in [0.25, 0.3) is 0 Å². The molecule has 1 atom stereocenters. The Morgan fingerprint density at radius 3 is 2.90 bits per heavy atom. The normalized spacial score (nSPS) is 20.9. The van der Waals surface area contributed by atoms with Gasteiger partial charge in [0.15, 0.2) is 5.79 Å². The molecule has 112 valence electrons. The van der Waals surface area contributed by atoms with E-state index in [-0.39, 0.29) is 11.9 Å². The van der Waals surface area contributed by atoms with E-state index in [9.17, 15) is 4.39 Å². The predicted molar refractivity (Wildman–Crippen MR) is 80.2 cm³/mol. The van der Waals surface area contributed by atoms with Gasteiger partial charge in [-0.05, 0) is 32.0 Å². The van der Waals surface area contributed by atoms with Crippen LogP contribution in [0.3, 0.4) is 0 Å². The molecular formula is C15H16BrFN2O2. The maximum atomic E-state index is 13.5. The number of ether oxygens (including phenoxy) is 2. The summed E-state index contributed by atoms with van der Waals surface area (Å²) >= 11 is 3.30. The van der Waals surface area contributed by atoms with Crippen molar-refractivity contribution >= 4 is 15.9 Å². The molecular weight excluding hydrogens is 339 g/mol. The van der Waals surface area contributed by atoms with Crippen LogP contribution in [0.15, 0.2) is 35.1 Å². The zero-order valence-electron chi connectivity index (χ0n) is 11.8. The van der Waals surface area contributed by atoms with Crippen LogP contribution in [0, 0.1) is 5.82 Å². The summed E-state index contributed by atoms with van der Waals surface area (Å²) < 4.78 is 27.6. The molecule has 1 unspecified atom stereocenters. The average molecular weight is 355 g/mol. The first-order valence-electron chi connectivity index (χ1n) is 6.72. The standard InChI is InChI=1S/C15H16BrFN2O2/c1-15(2)20-9-13(21-15)8-19-4-3-18-14(19)10-5-11(16)7-12(17)6-10/h3-7,13H,8-9H2,1-2H3. The number of hydrogen-bond donors (Lipinski definition) is 0. The fourth-order valence-corrected chi connectivity index (χ4v) is 2.94. The number of hydrogen-bond acceptors (Lipinski definition) is 3. The van der Waals surface area contributed by atoms with Gasteiger partial charge >= 0.3 is 0 Å². The van der Waals surface area contributed by atoms with Crippen LogP contribution in [-0.2, 0) is 16.0 Å². The zero-order valence-corrected chi connectivity index (χ0v) is 13.4. The van der Waals surface area contributed by atoms with Crippen molar-refractivity contribution in [2.45, 2.75) is 32.3 Å². The molecule has 0 bridgehead atoms. The fourth-order valence-electron chi connectivity index (χ4n) is 2.47. The van der Waals surface area contributed by atoms with E-state index in [1.807, 2.05) is 30.7 Å². The van der Waals surface area contributed by atoms with E-state index in [0.717, 1.165) is 5.56 Å². The van der Waals surface area contributed by atoms with Gasteiger partial charge in [0.05, 0.1) is 13.2 Å². The molecule has 2 aromatic rings. The largest absolute Gasteiger partial charge is 0.348 e. The highest BCUT2D eigenvalue weighted by molar-refractivity contribution is 9.10. The lowest BCUT2D eigenvalue weighted by atomic mass is 10.2. The SMILES string of the molecule is CC1(C)OCC(Cn2ccnc2-c2cc(F)cc(Br)c2)O1. The van der Waals surface area contributed by atoms with Crippen LogP contribution in [0.25, 0.3) is 11.4 Å². The van der Waals surface area contributed by atoms with Crippen LogP contribution in [0.2, 0.25) is 0 Å². The second-order valence-electron chi connectivity index (χ2n) is 5.51. The highest BCUT2D eigenvalue weighted by atomic mass is 79.9. The molecule has 0 saturated carbocycles. The molecule has 4 nitrogen and oxygen atoms in total. The summed E-state index contributed by atoms with van der Waals surface area (Å²) in [6, 6.07) is 4.74. The van der Waals surface area contributed by atoms with Crippen molar-refractivity contribution in [3.05, 3.63) is 40.9 Å².